The Morgan fingerprint density at radius 3 is 2.56 bits per heavy atom. The topological polar surface area (TPSA) is 38.5 Å². The maximum atomic E-state index is 13.3. The second kappa shape index (κ2) is 3.63. The Kier molecular flexibility index (Phi) is 2.24. The van der Waals surface area contributed by atoms with E-state index in [0.717, 1.165) is 32.0 Å². The van der Waals surface area contributed by atoms with Gasteiger partial charge in [0.25, 0.3) is 0 Å². The van der Waals surface area contributed by atoms with Gasteiger partial charge in [0.05, 0.1) is 18.9 Å². The van der Waals surface area contributed by atoms with Gasteiger partial charge >= 0.3 is 0 Å². The van der Waals surface area contributed by atoms with E-state index in [0.29, 0.717) is 11.8 Å². The van der Waals surface area contributed by atoms with Gasteiger partial charge < -0.3 is 15.4 Å². The molecule has 2 fully saturated rings. The quantitative estimate of drug-likeness (QED) is 0.732. The maximum Gasteiger partial charge on any atom is 0.148 e. The van der Waals surface area contributed by atoms with Gasteiger partial charge in [-0.3, -0.25) is 0 Å². The molecule has 16 heavy (non-hydrogen) atoms. The molecule has 0 radical (unpaired) electrons. The third-order valence-corrected chi connectivity index (χ3v) is 3.59. The predicted octanol–water partition coefficient (Wildman–Crippen LogP) is 1.49. The number of benzene rings is 1. The third kappa shape index (κ3) is 1.53. The van der Waals surface area contributed by atoms with Gasteiger partial charge in [0, 0.05) is 30.6 Å². The van der Waals surface area contributed by atoms with E-state index in [2.05, 4.69) is 4.90 Å². The van der Waals surface area contributed by atoms with Crippen molar-refractivity contribution >= 4 is 11.4 Å². The molecule has 0 aliphatic carbocycles. The molecule has 0 saturated carbocycles. The van der Waals surface area contributed by atoms with E-state index in [1.165, 1.54) is 6.07 Å². The fourth-order valence-electron chi connectivity index (χ4n) is 2.61. The van der Waals surface area contributed by atoms with Crippen LogP contribution in [0.2, 0.25) is 0 Å². The molecule has 4 heteroatoms. The van der Waals surface area contributed by atoms with Crippen LogP contribution in [-0.4, -0.2) is 26.3 Å². The second-order valence-corrected chi connectivity index (χ2v) is 4.67. The largest absolute Gasteiger partial charge is 0.396 e. The third-order valence-electron chi connectivity index (χ3n) is 3.59. The Hall–Kier alpha value is -1.29. The molecule has 2 heterocycles. The van der Waals surface area contributed by atoms with Gasteiger partial charge in [-0.25, -0.2) is 4.39 Å². The van der Waals surface area contributed by atoms with E-state index in [1.807, 2.05) is 6.07 Å². The van der Waals surface area contributed by atoms with Crippen LogP contribution >= 0.6 is 0 Å². The van der Waals surface area contributed by atoms with E-state index in [9.17, 15) is 4.39 Å². The molecule has 1 aromatic rings. The smallest absolute Gasteiger partial charge is 0.148 e. The number of ether oxygens (including phenoxy) is 1. The van der Waals surface area contributed by atoms with Gasteiger partial charge in [-0.15, -0.1) is 0 Å². The Balaban J connectivity index is 1.81. The first-order valence-corrected chi connectivity index (χ1v) is 5.62. The maximum absolute atomic E-state index is 13.3. The highest BCUT2D eigenvalue weighted by Crippen LogP contribution is 2.33. The summed E-state index contributed by atoms with van der Waals surface area (Å²) in [6.07, 6.45) is 0. The van der Waals surface area contributed by atoms with Crippen molar-refractivity contribution in [1.82, 2.24) is 0 Å². The lowest BCUT2D eigenvalue weighted by molar-refractivity contribution is 0.177. The zero-order valence-corrected chi connectivity index (χ0v) is 9.03. The zero-order valence-electron chi connectivity index (χ0n) is 9.03. The van der Waals surface area contributed by atoms with Gasteiger partial charge in [0.1, 0.15) is 5.82 Å². The fraction of sp³-hybridized carbons (Fsp3) is 0.500. The minimum Gasteiger partial charge on any atom is -0.396 e. The van der Waals surface area contributed by atoms with E-state index in [4.69, 9.17) is 10.5 Å². The minimum atomic E-state index is -0.328. The summed E-state index contributed by atoms with van der Waals surface area (Å²) in [6.45, 7) is 3.62. The van der Waals surface area contributed by atoms with Gasteiger partial charge in [0.15, 0.2) is 0 Å². The Morgan fingerprint density at radius 2 is 1.94 bits per heavy atom. The predicted molar refractivity (Wildman–Crippen MR) is 60.8 cm³/mol. The molecule has 2 aliphatic heterocycles. The molecule has 2 atom stereocenters. The molecule has 2 N–H and O–H groups in total. The summed E-state index contributed by atoms with van der Waals surface area (Å²) >= 11 is 0. The molecule has 86 valence electrons. The number of anilines is 2. The first-order chi connectivity index (χ1) is 7.74. The lowest BCUT2D eigenvalue weighted by Crippen LogP contribution is -2.22. The Morgan fingerprint density at radius 1 is 1.25 bits per heavy atom. The highest BCUT2D eigenvalue weighted by atomic mass is 19.1. The average Bonchev–Trinajstić information content (AvgIpc) is 2.81. The van der Waals surface area contributed by atoms with Gasteiger partial charge in [-0.2, -0.15) is 0 Å². The van der Waals surface area contributed by atoms with Crippen LogP contribution in [0.3, 0.4) is 0 Å². The van der Waals surface area contributed by atoms with Crippen LogP contribution in [0.15, 0.2) is 18.2 Å². The van der Waals surface area contributed by atoms with Crippen molar-refractivity contribution in [2.75, 3.05) is 36.9 Å². The van der Waals surface area contributed by atoms with Gasteiger partial charge in [0.2, 0.25) is 0 Å². The van der Waals surface area contributed by atoms with Crippen LogP contribution in [0.25, 0.3) is 0 Å². The molecular weight excluding hydrogens is 207 g/mol. The molecule has 0 spiro atoms. The lowest BCUT2D eigenvalue weighted by Gasteiger charge is -2.19. The van der Waals surface area contributed by atoms with E-state index >= 15 is 0 Å². The standard InChI is InChI=1S/C12H15FN2O/c13-11-3-10(1-2-12(11)14)15-4-8-6-16-7-9(8)5-15/h1-3,8-9H,4-7,14H2. The number of nitrogens with zero attached hydrogens (tertiary/aromatic N) is 1. The zero-order chi connectivity index (χ0) is 11.1. The Bertz CT molecular complexity index is 398. The number of nitrogen functional groups attached to an aromatic ring is 1. The summed E-state index contributed by atoms with van der Waals surface area (Å²) in [5, 5.41) is 0. The molecule has 0 bridgehead atoms. The van der Waals surface area contributed by atoms with Crippen molar-refractivity contribution in [1.29, 1.82) is 0 Å². The molecule has 0 amide bonds. The highest BCUT2D eigenvalue weighted by Gasteiger charge is 2.37. The number of halogens is 1. The summed E-state index contributed by atoms with van der Waals surface area (Å²) in [6, 6.07) is 5.05. The summed E-state index contributed by atoms with van der Waals surface area (Å²) in [5.74, 6) is 0.895. The number of rotatable bonds is 1. The molecule has 2 saturated heterocycles. The monoisotopic (exact) mass is 222 g/mol. The molecule has 2 aliphatic rings. The summed E-state index contributed by atoms with van der Waals surface area (Å²) < 4.78 is 18.8. The van der Waals surface area contributed by atoms with Crippen molar-refractivity contribution < 1.29 is 9.13 Å². The molecule has 2 unspecified atom stereocenters. The van der Waals surface area contributed by atoms with E-state index < -0.39 is 0 Å². The van der Waals surface area contributed by atoms with Crippen LogP contribution in [0.4, 0.5) is 15.8 Å². The van der Waals surface area contributed by atoms with Crippen molar-refractivity contribution in [2.45, 2.75) is 0 Å². The first kappa shape index (κ1) is 9.90. The van der Waals surface area contributed by atoms with Gasteiger partial charge in [-0.05, 0) is 18.2 Å². The van der Waals surface area contributed by atoms with Crippen molar-refractivity contribution in [3.8, 4) is 0 Å². The summed E-state index contributed by atoms with van der Waals surface area (Å²) in [4.78, 5) is 2.22. The normalized spacial score (nSPS) is 28.4. The summed E-state index contributed by atoms with van der Waals surface area (Å²) in [5.41, 5.74) is 6.61. The van der Waals surface area contributed by atoms with Crippen LogP contribution < -0.4 is 10.6 Å². The first-order valence-electron chi connectivity index (χ1n) is 5.62. The summed E-state index contributed by atoms with van der Waals surface area (Å²) in [7, 11) is 0. The van der Waals surface area contributed by atoms with E-state index in [-0.39, 0.29) is 11.5 Å². The fourth-order valence-corrected chi connectivity index (χ4v) is 2.61. The molecular formula is C12H15FN2O. The number of fused-ring (bicyclic) bond motifs is 1. The number of nitrogens with two attached hydrogens (primary N) is 1. The van der Waals surface area contributed by atoms with Crippen molar-refractivity contribution in [3.63, 3.8) is 0 Å². The minimum absolute atomic E-state index is 0.214. The molecule has 1 aromatic carbocycles. The molecule has 0 aromatic heterocycles. The second-order valence-electron chi connectivity index (χ2n) is 4.67. The van der Waals surface area contributed by atoms with Crippen molar-refractivity contribution in [2.24, 2.45) is 11.8 Å². The lowest BCUT2D eigenvalue weighted by atomic mass is 10.0. The average molecular weight is 222 g/mol. The molecule has 3 rings (SSSR count). The van der Waals surface area contributed by atoms with Crippen LogP contribution in [0.1, 0.15) is 0 Å². The number of hydrogen-bond acceptors (Lipinski definition) is 3. The Labute approximate surface area is 94.0 Å². The van der Waals surface area contributed by atoms with Crippen LogP contribution in [0.5, 0.6) is 0 Å². The van der Waals surface area contributed by atoms with Crippen LogP contribution in [-0.2, 0) is 4.74 Å². The van der Waals surface area contributed by atoms with E-state index in [1.54, 1.807) is 6.07 Å². The van der Waals surface area contributed by atoms with Crippen molar-refractivity contribution in [3.05, 3.63) is 24.0 Å². The van der Waals surface area contributed by atoms with Crippen LogP contribution in [0, 0.1) is 17.7 Å². The van der Waals surface area contributed by atoms with Gasteiger partial charge in [-0.1, -0.05) is 0 Å². The number of hydrogen-bond donors (Lipinski definition) is 1. The highest BCUT2D eigenvalue weighted by molar-refractivity contribution is 5.54. The SMILES string of the molecule is Nc1ccc(N2CC3COCC3C2)cc1F. The molecule has 3 nitrogen and oxygen atoms in total.